The van der Waals surface area contributed by atoms with Crippen LogP contribution in [0.1, 0.15) is 24.7 Å². The quantitative estimate of drug-likeness (QED) is 0.893. The molecular formula is C14H17ClN4. The van der Waals surface area contributed by atoms with Crippen molar-refractivity contribution >= 4 is 28.9 Å². The van der Waals surface area contributed by atoms with Crippen molar-refractivity contribution in [3.63, 3.8) is 0 Å². The molecule has 3 N–H and O–H groups in total. The van der Waals surface area contributed by atoms with Crippen LogP contribution in [0.2, 0.25) is 5.02 Å². The van der Waals surface area contributed by atoms with E-state index in [1.807, 2.05) is 25.1 Å². The Morgan fingerprint density at radius 1 is 1.26 bits per heavy atom. The predicted octanol–water partition coefficient (Wildman–Crippen LogP) is 3.72. The summed E-state index contributed by atoms with van der Waals surface area (Å²) < 4.78 is 0. The van der Waals surface area contributed by atoms with Crippen LogP contribution < -0.4 is 11.1 Å². The highest BCUT2D eigenvalue weighted by atomic mass is 35.5. The normalized spacial score (nSPS) is 10.5. The van der Waals surface area contributed by atoms with Crippen LogP contribution in [0.25, 0.3) is 0 Å². The summed E-state index contributed by atoms with van der Waals surface area (Å²) in [6.45, 7) is 4.05. The largest absolute Gasteiger partial charge is 0.384 e. The molecule has 0 atom stereocenters. The minimum absolute atomic E-state index is 0.471. The van der Waals surface area contributed by atoms with Crippen molar-refractivity contribution in [2.24, 2.45) is 0 Å². The summed E-state index contributed by atoms with van der Waals surface area (Å²) >= 11 is 6.09. The summed E-state index contributed by atoms with van der Waals surface area (Å²) in [6, 6.07) is 7.50. The molecule has 19 heavy (non-hydrogen) atoms. The fourth-order valence-corrected chi connectivity index (χ4v) is 1.92. The van der Waals surface area contributed by atoms with Crippen molar-refractivity contribution in [2.75, 3.05) is 11.1 Å². The van der Waals surface area contributed by atoms with Crippen LogP contribution in [0.3, 0.4) is 0 Å². The molecule has 4 nitrogen and oxygen atoms in total. The van der Waals surface area contributed by atoms with Gasteiger partial charge in [-0.2, -0.15) is 0 Å². The second kappa shape index (κ2) is 5.89. The van der Waals surface area contributed by atoms with Gasteiger partial charge in [0.15, 0.2) is 0 Å². The molecule has 0 saturated carbocycles. The number of benzene rings is 1. The number of anilines is 3. The third-order valence-electron chi connectivity index (χ3n) is 2.71. The van der Waals surface area contributed by atoms with E-state index in [4.69, 9.17) is 17.3 Å². The van der Waals surface area contributed by atoms with Gasteiger partial charge in [-0.3, -0.25) is 0 Å². The Bertz CT molecular complexity index is 584. The summed E-state index contributed by atoms with van der Waals surface area (Å²) in [6.07, 6.45) is 1.80. The van der Waals surface area contributed by atoms with E-state index >= 15 is 0 Å². The van der Waals surface area contributed by atoms with E-state index in [9.17, 15) is 0 Å². The zero-order valence-corrected chi connectivity index (χ0v) is 11.8. The van der Waals surface area contributed by atoms with E-state index in [-0.39, 0.29) is 0 Å². The first-order valence-corrected chi connectivity index (χ1v) is 6.63. The minimum atomic E-state index is 0.471. The molecule has 0 amide bonds. The standard InChI is InChI=1S/C14H17ClN4/c1-3-4-13-18-12(16)8-14(19-13)17-10-6-5-9(2)11(15)7-10/h5-8H,3-4H2,1-2H3,(H3,16,17,18,19). The highest BCUT2D eigenvalue weighted by molar-refractivity contribution is 6.31. The van der Waals surface area contributed by atoms with E-state index in [2.05, 4.69) is 22.2 Å². The van der Waals surface area contributed by atoms with Gasteiger partial charge >= 0.3 is 0 Å². The van der Waals surface area contributed by atoms with Crippen LogP contribution in [0.15, 0.2) is 24.3 Å². The van der Waals surface area contributed by atoms with E-state index in [1.54, 1.807) is 6.07 Å². The van der Waals surface area contributed by atoms with E-state index in [1.165, 1.54) is 0 Å². The zero-order chi connectivity index (χ0) is 13.8. The monoisotopic (exact) mass is 276 g/mol. The van der Waals surface area contributed by atoms with Crippen molar-refractivity contribution in [1.82, 2.24) is 9.97 Å². The van der Waals surface area contributed by atoms with Gasteiger partial charge in [-0.1, -0.05) is 24.6 Å². The minimum Gasteiger partial charge on any atom is -0.384 e. The third-order valence-corrected chi connectivity index (χ3v) is 3.12. The Labute approximate surface area is 118 Å². The first kappa shape index (κ1) is 13.6. The third kappa shape index (κ3) is 3.58. The molecule has 0 aliphatic heterocycles. The van der Waals surface area contributed by atoms with Crippen LogP contribution >= 0.6 is 11.6 Å². The Morgan fingerprint density at radius 2 is 2.05 bits per heavy atom. The van der Waals surface area contributed by atoms with Gasteiger partial charge in [0.1, 0.15) is 17.5 Å². The Kier molecular flexibility index (Phi) is 4.22. The maximum atomic E-state index is 6.09. The first-order chi connectivity index (χ1) is 9.08. The molecule has 0 saturated heterocycles. The zero-order valence-electron chi connectivity index (χ0n) is 11.1. The van der Waals surface area contributed by atoms with Crippen LogP contribution in [0.5, 0.6) is 0 Å². The molecule has 1 aromatic heterocycles. The smallest absolute Gasteiger partial charge is 0.136 e. The van der Waals surface area contributed by atoms with Gasteiger partial charge in [-0.05, 0) is 31.0 Å². The van der Waals surface area contributed by atoms with E-state index in [0.29, 0.717) is 11.6 Å². The van der Waals surface area contributed by atoms with Gasteiger partial charge < -0.3 is 11.1 Å². The highest BCUT2D eigenvalue weighted by Gasteiger charge is 2.04. The summed E-state index contributed by atoms with van der Waals surface area (Å²) in [5.74, 6) is 1.92. The molecule has 2 rings (SSSR count). The van der Waals surface area contributed by atoms with Crippen molar-refractivity contribution in [3.8, 4) is 0 Å². The van der Waals surface area contributed by atoms with Crippen molar-refractivity contribution < 1.29 is 0 Å². The number of nitrogens with two attached hydrogens (primary N) is 1. The molecule has 1 heterocycles. The Hall–Kier alpha value is -1.81. The van der Waals surface area contributed by atoms with Crippen molar-refractivity contribution in [2.45, 2.75) is 26.7 Å². The molecule has 0 radical (unpaired) electrons. The topological polar surface area (TPSA) is 63.8 Å². The average molecular weight is 277 g/mol. The number of nitrogens with one attached hydrogen (secondary N) is 1. The van der Waals surface area contributed by atoms with Gasteiger partial charge in [0.25, 0.3) is 0 Å². The molecule has 1 aromatic carbocycles. The first-order valence-electron chi connectivity index (χ1n) is 6.25. The van der Waals surface area contributed by atoms with E-state index < -0.39 is 0 Å². The number of aryl methyl sites for hydroxylation is 2. The summed E-state index contributed by atoms with van der Waals surface area (Å²) in [7, 11) is 0. The molecular weight excluding hydrogens is 260 g/mol. The maximum Gasteiger partial charge on any atom is 0.136 e. The molecule has 2 aromatic rings. The lowest BCUT2D eigenvalue weighted by atomic mass is 10.2. The van der Waals surface area contributed by atoms with Crippen molar-refractivity contribution in [1.29, 1.82) is 0 Å². The molecule has 0 aliphatic rings. The average Bonchev–Trinajstić information content (AvgIpc) is 2.33. The summed E-state index contributed by atoms with van der Waals surface area (Å²) in [5.41, 5.74) is 7.71. The van der Waals surface area contributed by atoms with Gasteiger partial charge in [0.05, 0.1) is 0 Å². The number of hydrogen-bond donors (Lipinski definition) is 2. The number of halogens is 1. The van der Waals surface area contributed by atoms with E-state index in [0.717, 1.165) is 34.9 Å². The maximum absolute atomic E-state index is 6.09. The van der Waals surface area contributed by atoms with Crippen LogP contribution in [0, 0.1) is 6.92 Å². The summed E-state index contributed by atoms with van der Waals surface area (Å²) in [5, 5.41) is 3.92. The van der Waals surface area contributed by atoms with Crippen molar-refractivity contribution in [3.05, 3.63) is 40.7 Å². The fourth-order valence-electron chi connectivity index (χ4n) is 1.74. The molecule has 0 aliphatic carbocycles. The number of hydrogen-bond acceptors (Lipinski definition) is 4. The lowest BCUT2D eigenvalue weighted by molar-refractivity contribution is 0.839. The molecule has 0 bridgehead atoms. The number of aromatic nitrogens is 2. The lowest BCUT2D eigenvalue weighted by Crippen LogP contribution is -2.03. The SMILES string of the molecule is CCCc1nc(N)cc(Nc2ccc(C)c(Cl)c2)n1. The molecule has 5 heteroatoms. The number of nitrogens with zero attached hydrogens (tertiary/aromatic N) is 2. The number of rotatable bonds is 4. The second-order valence-corrected chi connectivity index (χ2v) is 4.84. The van der Waals surface area contributed by atoms with Gasteiger partial charge in [0.2, 0.25) is 0 Å². The lowest BCUT2D eigenvalue weighted by Gasteiger charge is -2.09. The molecule has 0 spiro atoms. The van der Waals surface area contributed by atoms with Crippen LogP contribution in [-0.2, 0) is 6.42 Å². The fraction of sp³-hybridized carbons (Fsp3) is 0.286. The number of nitrogen functional groups attached to an aromatic ring is 1. The van der Waals surface area contributed by atoms with Gasteiger partial charge in [-0.25, -0.2) is 9.97 Å². The Balaban J connectivity index is 2.24. The van der Waals surface area contributed by atoms with Gasteiger partial charge in [-0.15, -0.1) is 0 Å². The molecule has 0 unspecified atom stereocenters. The molecule has 100 valence electrons. The molecule has 0 fully saturated rings. The van der Waals surface area contributed by atoms with Crippen LogP contribution in [0.4, 0.5) is 17.3 Å². The second-order valence-electron chi connectivity index (χ2n) is 4.43. The Morgan fingerprint density at radius 3 is 2.74 bits per heavy atom. The van der Waals surface area contributed by atoms with Gasteiger partial charge in [0, 0.05) is 23.2 Å². The highest BCUT2D eigenvalue weighted by Crippen LogP contribution is 2.23. The summed E-state index contributed by atoms with van der Waals surface area (Å²) in [4.78, 5) is 8.62. The predicted molar refractivity (Wildman–Crippen MR) is 79.9 cm³/mol. The van der Waals surface area contributed by atoms with Crippen LogP contribution in [-0.4, -0.2) is 9.97 Å².